The molecule has 1 aliphatic heterocycles. The number of carbonyl (C=O) groups is 2. The van der Waals surface area contributed by atoms with Crippen LogP contribution in [0.25, 0.3) is 11.6 Å². The summed E-state index contributed by atoms with van der Waals surface area (Å²) in [5.41, 5.74) is 3.80. The Balaban J connectivity index is 1.88. The zero-order chi connectivity index (χ0) is 23.5. The second kappa shape index (κ2) is 9.63. The van der Waals surface area contributed by atoms with Crippen LogP contribution >= 0.6 is 15.9 Å². The van der Waals surface area contributed by atoms with Crippen molar-refractivity contribution < 1.29 is 19.1 Å². The van der Waals surface area contributed by atoms with Crippen molar-refractivity contribution in [2.75, 3.05) is 18.1 Å². The van der Waals surface area contributed by atoms with Crippen LogP contribution in [0.15, 0.2) is 65.1 Å². The Morgan fingerprint density at radius 1 is 0.879 bits per heavy atom. The lowest BCUT2D eigenvalue weighted by Gasteiger charge is -2.29. The SMILES string of the molecule is CCOc1cc(/C=C2\C(=O)N(c3cccc(C)c3)C(=O)c3ccccc32)cc(Br)c1OCC. The zero-order valence-electron chi connectivity index (χ0n) is 18.7. The molecule has 0 saturated carbocycles. The summed E-state index contributed by atoms with van der Waals surface area (Å²) >= 11 is 3.56. The van der Waals surface area contributed by atoms with Gasteiger partial charge < -0.3 is 9.47 Å². The second-order valence-electron chi connectivity index (χ2n) is 7.58. The number of anilines is 1. The first-order chi connectivity index (χ1) is 15.9. The van der Waals surface area contributed by atoms with Crippen LogP contribution in [0.1, 0.15) is 40.9 Å². The lowest BCUT2D eigenvalue weighted by Crippen LogP contribution is -2.41. The Kier molecular flexibility index (Phi) is 6.65. The predicted octanol–water partition coefficient (Wildman–Crippen LogP) is 6.28. The molecule has 168 valence electrons. The third kappa shape index (κ3) is 4.44. The fraction of sp³-hybridized carbons (Fsp3) is 0.185. The van der Waals surface area contributed by atoms with Crippen molar-refractivity contribution in [3.8, 4) is 11.5 Å². The Hall–Kier alpha value is -3.38. The van der Waals surface area contributed by atoms with Crippen molar-refractivity contribution in [2.45, 2.75) is 20.8 Å². The molecule has 0 aliphatic carbocycles. The Morgan fingerprint density at radius 3 is 2.30 bits per heavy atom. The van der Waals surface area contributed by atoms with Gasteiger partial charge in [0.15, 0.2) is 11.5 Å². The van der Waals surface area contributed by atoms with Gasteiger partial charge in [-0.3, -0.25) is 9.59 Å². The number of halogens is 1. The number of amides is 2. The number of benzene rings is 3. The lowest BCUT2D eigenvalue weighted by molar-refractivity contribution is -0.112. The van der Waals surface area contributed by atoms with Crippen LogP contribution in [0.3, 0.4) is 0 Å². The maximum Gasteiger partial charge on any atom is 0.265 e. The molecule has 4 rings (SSSR count). The largest absolute Gasteiger partial charge is 0.490 e. The number of hydrogen-bond acceptors (Lipinski definition) is 4. The fourth-order valence-corrected chi connectivity index (χ4v) is 4.45. The molecular weight excluding hydrogens is 482 g/mol. The van der Waals surface area contributed by atoms with E-state index in [9.17, 15) is 9.59 Å². The molecular formula is C27H24BrNO4. The molecule has 0 bridgehead atoms. The maximum absolute atomic E-state index is 13.6. The number of ether oxygens (including phenoxy) is 2. The van der Waals surface area contributed by atoms with E-state index in [1.807, 2.05) is 57.2 Å². The molecule has 2 amide bonds. The lowest BCUT2D eigenvalue weighted by atomic mass is 9.91. The number of fused-ring (bicyclic) bond motifs is 1. The van der Waals surface area contributed by atoms with E-state index in [4.69, 9.17) is 9.47 Å². The maximum atomic E-state index is 13.6. The number of imide groups is 1. The summed E-state index contributed by atoms with van der Waals surface area (Å²) in [7, 11) is 0. The van der Waals surface area contributed by atoms with Crippen molar-refractivity contribution in [1.29, 1.82) is 0 Å². The van der Waals surface area contributed by atoms with Crippen LogP contribution in [-0.2, 0) is 4.79 Å². The minimum Gasteiger partial charge on any atom is -0.490 e. The van der Waals surface area contributed by atoms with Gasteiger partial charge in [-0.15, -0.1) is 0 Å². The van der Waals surface area contributed by atoms with Gasteiger partial charge in [0.05, 0.1) is 23.4 Å². The Labute approximate surface area is 201 Å². The molecule has 0 spiro atoms. The highest BCUT2D eigenvalue weighted by molar-refractivity contribution is 9.10. The van der Waals surface area contributed by atoms with E-state index < -0.39 is 0 Å². The van der Waals surface area contributed by atoms with Crippen LogP contribution in [-0.4, -0.2) is 25.0 Å². The van der Waals surface area contributed by atoms with Gasteiger partial charge in [-0.1, -0.05) is 30.3 Å². The van der Waals surface area contributed by atoms with Gasteiger partial charge >= 0.3 is 0 Å². The predicted molar refractivity (Wildman–Crippen MR) is 134 cm³/mol. The highest BCUT2D eigenvalue weighted by Gasteiger charge is 2.35. The van der Waals surface area contributed by atoms with Crippen LogP contribution in [0, 0.1) is 6.92 Å². The summed E-state index contributed by atoms with van der Waals surface area (Å²) in [6, 6.07) is 18.3. The average Bonchev–Trinajstić information content (AvgIpc) is 2.79. The molecule has 5 nitrogen and oxygen atoms in total. The standard InChI is InChI=1S/C27H24BrNO4/c1-4-32-24-16-18(15-23(28)25(24)33-5-2)14-22-20-11-6-7-12-21(20)26(30)29(27(22)31)19-10-8-9-17(3)13-19/h6-16H,4-5H2,1-3H3/b22-14-. The van der Waals surface area contributed by atoms with Crippen LogP contribution in [0.4, 0.5) is 5.69 Å². The van der Waals surface area contributed by atoms with E-state index in [-0.39, 0.29) is 11.8 Å². The van der Waals surface area contributed by atoms with Crippen LogP contribution < -0.4 is 14.4 Å². The zero-order valence-corrected chi connectivity index (χ0v) is 20.3. The monoisotopic (exact) mass is 505 g/mol. The van der Waals surface area contributed by atoms with E-state index in [1.165, 1.54) is 4.90 Å². The van der Waals surface area contributed by atoms with E-state index >= 15 is 0 Å². The first-order valence-electron chi connectivity index (χ1n) is 10.8. The van der Waals surface area contributed by atoms with Crippen molar-refractivity contribution in [1.82, 2.24) is 0 Å². The quantitative estimate of drug-likeness (QED) is 0.292. The van der Waals surface area contributed by atoms with Gasteiger partial charge in [0.2, 0.25) is 0 Å². The van der Waals surface area contributed by atoms with Gasteiger partial charge in [0.25, 0.3) is 11.8 Å². The van der Waals surface area contributed by atoms with Gasteiger partial charge in [-0.05, 0) is 89.8 Å². The van der Waals surface area contributed by atoms with E-state index in [0.717, 1.165) is 15.6 Å². The highest BCUT2D eigenvalue weighted by Crippen LogP contribution is 2.39. The average molecular weight is 506 g/mol. The summed E-state index contributed by atoms with van der Waals surface area (Å²) < 4.78 is 12.2. The Morgan fingerprint density at radius 2 is 1.61 bits per heavy atom. The number of carbonyl (C=O) groups excluding carboxylic acids is 2. The van der Waals surface area contributed by atoms with Crippen molar-refractivity contribution >= 4 is 45.1 Å². The topological polar surface area (TPSA) is 55.8 Å². The molecule has 3 aromatic rings. The normalized spacial score (nSPS) is 14.4. The minimum atomic E-state index is -0.368. The molecule has 0 fully saturated rings. The molecule has 0 unspecified atom stereocenters. The van der Waals surface area contributed by atoms with Gasteiger partial charge in [-0.25, -0.2) is 4.90 Å². The van der Waals surface area contributed by atoms with Gasteiger partial charge in [0.1, 0.15) is 0 Å². The molecule has 0 saturated heterocycles. The fourth-order valence-electron chi connectivity index (χ4n) is 3.88. The summed E-state index contributed by atoms with van der Waals surface area (Å²) in [5, 5.41) is 0. The molecule has 6 heteroatoms. The van der Waals surface area contributed by atoms with E-state index in [1.54, 1.807) is 30.3 Å². The number of rotatable bonds is 6. The number of nitrogens with zero attached hydrogens (tertiary/aromatic N) is 1. The molecule has 1 heterocycles. The molecule has 33 heavy (non-hydrogen) atoms. The molecule has 0 atom stereocenters. The van der Waals surface area contributed by atoms with E-state index in [0.29, 0.717) is 47.1 Å². The van der Waals surface area contributed by atoms with E-state index in [2.05, 4.69) is 15.9 Å². The summed E-state index contributed by atoms with van der Waals surface area (Å²) in [6.07, 6.45) is 1.79. The van der Waals surface area contributed by atoms with Crippen LogP contribution in [0.5, 0.6) is 11.5 Å². The highest BCUT2D eigenvalue weighted by atomic mass is 79.9. The van der Waals surface area contributed by atoms with Crippen LogP contribution in [0.2, 0.25) is 0 Å². The smallest absolute Gasteiger partial charge is 0.265 e. The molecule has 0 N–H and O–H groups in total. The van der Waals surface area contributed by atoms with Crippen molar-refractivity contribution in [3.63, 3.8) is 0 Å². The van der Waals surface area contributed by atoms with Gasteiger partial charge in [-0.2, -0.15) is 0 Å². The summed E-state index contributed by atoms with van der Waals surface area (Å²) in [4.78, 5) is 28.2. The third-order valence-corrected chi connectivity index (χ3v) is 5.86. The minimum absolute atomic E-state index is 0.332. The Bertz CT molecular complexity index is 1260. The number of aryl methyl sites for hydroxylation is 1. The summed E-state index contributed by atoms with van der Waals surface area (Å²) in [6.45, 7) is 6.72. The summed E-state index contributed by atoms with van der Waals surface area (Å²) in [5.74, 6) is 0.505. The van der Waals surface area contributed by atoms with Gasteiger partial charge in [0, 0.05) is 11.1 Å². The molecule has 0 aromatic heterocycles. The third-order valence-electron chi connectivity index (χ3n) is 5.28. The van der Waals surface area contributed by atoms with Crippen molar-refractivity contribution in [2.24, 2.45) is 0 Å². The molecule has 0 radical (unpaired) electrons. The number of hydrogen-bond donors (Lipinski definition) is 0. The molecule has 1 aliphatic rings. The second-order valence-corrected chi connectivity index (χ2v) is 8.44. The first kappa shape index (κ1) is 22.8. The first-order valence-corrected chi connectivity index (χ1v) is 11.6. The van der Waals surface area contributed by atoms with Crippen molar-refractivity contribution in [3.05, 3.63) is 87.4 Å². The molecule has 3 aromatic carbocycles.